The van der Waals surface area contributed by atoms with E-state index in [0.717, 1.165) is 47.6 Å². The highest BCUT2D eigenvalue weighted by atomic mass is 19.1. The second-order valence-corrected chi connectivity index (χ2v) is 9.74. The number of likely N-dealkylation sites (tertiary alicyclic amines) is 1. The van der Waals surface area contributed by atoms with E-state index in [4.69, 9.17) is 4.74 Å². The third-order valence-corrected chi connectivity index (χ3v) is 7.23. The Kier molecular flexibility index (Phi) is 6.58. The minimum atomic E-state index is -0.359. The summed E-state index contributed by atoms with van der Waals surface area (Å²) in [5, 5.41) is 2.83. The van der Waals surface area contributed by atoms with E-state index in [1.54, 1.807) is 6.07 Å². The SMILES string of the molecule is Cc1cc(/C=C2\C(=O)Nc3ccc(F)cc32)c2ccccc(OCCN3CCC(N(C)C)CC3)c1-2. The highest BCUT2D eigenvalue weighted by Crippen LogP contribution is 2.41. The van der Waals surface area contributed by atoms with E-state index >= 15 is 0 Å². The fraction of sp³-hybridized carbons (Fsp3) is 0.345. The van der Waals surface area contributed by atoms with Crippen LogP contribution in [0.5, 0.6) is 5.75 Å². The molecule has 35 heavy (non-hydrogen) atoms. The normalized spacial score (nSPS) is 17.9. The summed E-state index contributed by atoms with van der Waals surface area (Å²) in [4.78, 5) is 17.4. The van der Waals surface area contributed by atoms with Crippen molar-refractivity contribution in [3.63, 3.8) is 0 Å². The average Bonchev–Trinajstić information content (AvgIpc) is 3.20. The van der Waals surface area contributed by atoms with Crippen LogP contribution in [0.15, 0.2) is 48.5 Å². The number of fused-ring (bicyclic) bond motifs is 2. The minimum absolute atomic E-state index is 0.215. The molecule has 0 unspecified atom stereocenters. The maximum absolute atomic E-state index is 13.9. The van der Waals surface area contributed by atoms with Crippen LogP contribution in [0.2, 0.25) is 0 Å². The molecule has 6 heteroatoms. The summed E-state index contributed by atoms with van der Waals surface area (Å²) in [6.07, 6.45) is 4.24. The predicted octanol–water partition coefficient (Wildman–Crippen LogP) is 5.14. The second-order valence-electron chi connectivity index (χ2n) is 9.74. The van der Waals surface area contributed by atoms with Crippen LogP contribution in [-0.2, 0) is 4.79 Å². The maximum Gasteiger partial charge on any atom is 0.256 e. The molecule has 5 rings (SSSR count). The second kappa shape index (κ2) is 9.80. The summed E-state index contributed by atoms with van der Waals surface area (Å²) < 4.78 is 20.2. The largest absolute Gasteiger partial charge is 0.492 e. The van der Waals surface area contributed by atoms with Gasteiger partial charge in [-0.15, -0.1) is 0 Å². The van der Waals surface area contributed by atoms with Crippen molar-refractivity contribution < 1.29 is 13.9 Å². The molecule has 1 aromatic rings. The number of amides is 1. The third-order valence-electron chi connectivity index (χ3n) is 7.23. The fourth-order valence-electron chi connectivity index (χ4n) is 5.27. The van der Waals surface area contributed by atoms with Gasteiger partial charge in [0.05, 0.1) is 0 Å². The van der Waals surface area contributed by atoms with E-state index in [2.05, 4.69) is 42.2 Å². The van der Waals surface area contributed by atoms with Gasteiger partial charge in [-0.3, -0.25) is 9.69 Å². The topological polar surface area (TPSA) is 44.8 Å². The van der Waals surface area contributed by atoms with Gasteiger partial charge in [0.2, 0.25) is 0 Å². The van der Waals surface area contributed by atoms with Gasteiger partial charge in [-0.25, -0.2) is 4.39 Å². The molecule has 1 N–H and O–H groups in total. The first kappa shape index (κ1) is 23.5. The van der Waals surface area contributed by atoms with Crippen molar-refractivity contribution in [2.24, 2.45) is 0 Å². The molecule has 0 saturated carbocycles. The number of hydrogen-bond acceptors (Lipinski definition) is 4. The summed E-state index contributed by atoms with van der Waals surface area (Å²) >= 11 is 0. The van der Waals surface area contributed by atoms with Crippen LogP contribution >= 0.6 is 0 Å². The van der Waals surface area contributed by atoms with Crippen molar-refractivity contribution in [2.75, 3.05) is 45.7 Å². The number of ether oxygens (including phenoxy) is 1. The van der Waals surface area contributed by atoms with E-state index in [1.165, 1.54) is 25.0 Å². The molecule has 4 aliphatic rings. The molecule has 2 heterocycles. The number of anilines is 1. The summed E-state index contributed by atoms with van der Waals surface area (Å²) in [7, 11) is 4.32. The molecule has 1 fully saturated rings. The zero-order valence-corrected chi connectivity index (χ0v) is 20.6. The number of carbonyl (C=O) groups is 1. The monoisotopic (exact) mass is 473 g/mol. The van der Waals surface area contributed by atoms with Crippen molar-refractivity contribution in [1.82, 2.24) is 9.80 Å². The average molecular weight is 474 g/mol. The molecule has 0 atom stereocenters. The number of piperidine rings is 1. The Balaban J connectivity index is 1.35. The van der Waals surface area contributed by atoms with E-state index in [0.29, 0.717) is 29.5 Å². The Morgan fingerprint density at radius 3 is 2.66 bits per heavy atom. The van der Waals surface area contributed by atoms with Crippen LogP contribution in [0.25, 0.3) is 22.8 Å². The highest BCUT2D eigenvalue weighted by molar-refractivity contribution is 6.35. The molecule has 1 saturated heterocycles. The Morgan fingerprint density at radius 1 is 1.11 bits per heavy atom. The molecule has 0 bridgehead atoms. The lowest BCUT2D eigenvalue weighted by atomic mass is 10.0. The number of hydrogen-bond donors (Lipinski definition) is 1. The number of aryl methyl sites for hydroxylation is 1. The quantitative estimate of drug-likeness (QED) is 0.504. The molecular weight excluding hydrogens is 441 g/mol. The third kappa shape index (κ3) is 4.81. The van der Waals surface area contributed by atoms with Gasteiger partial charge in [0.1, 0.15) is 18.2 Å². The van der Waals surface area contributed by atoms with Gasteiger partial charge in [-0.05, 0) is 94.0 Å². The van der Waals surface area contributed by atoms with Gasteiger partial charge in [0.15, 0.2) is 0 Å². The van der Waals surface area contributed by atoms with Gasteiger partial charge in [-0.2, -0.15) is 0 Å². The van der Waals surface area contributed by atoms with Crippen LogP contribution in [0.3, 0.4) is 0 Å². The van der Waals surface area contributed by atoms with Crippen LogP contribution < -0.4 is 10.1 Å². The molecule has 0 radical (unpaired) electrons. The van der Waals surface area contributed by atoms with Crippen LogP contribution in [0.1, 0.15) is 29.5 Å². The maximum atomic E-state index is 13.9. The lowest BCUT2D eigenvalue weighted by Crippen LogP contribution is -2.43. The van der Waals surface area contributed by atoms with Crippen molar-refractivity contribution in [3.8, 4) is 16.9 Å². The number of carbonyl (C=O) groups excluding carboxylic acids is 1. The number of nitrogens with one attached hydrogen (secondary N) is 1. The zero-order valence-electron chi connectivity index (χ0n) is 20.6. The van der Waals surface area contributed by atoms with E-state index in [9.17, 15) is 9.18 Å². The Hall–Kier alpha value is -3.22. The molecule has 182 valence electrons. The van der Waals surface area contributed by atoms with Crippen molar-refractivity contribution in [3.05, 3.63) is 71.0 Å². The van der Waals surface area contributed by atoms with Crippen molar-refractivity contribution in [2.45, 2.75) is 25.8 Å². The minimum Gasteiger partial charge on any atom is -0.492 e. The summed E-state index contributed by atoms with van der Waals surface area (Å²) in [6, 6.07) is 15.2. The Bertz CT molecular complexity index is 1240. The molecule has 0 aromatic heterocycles. The lowest BCUT2D eigenvalue weighted by Gasteiger charge is -2.35. The zero-order chi connectivity index (χ0) is 24.5. The summed E-state index contributed by atoms with van der Waals surface area (Å²) in [5.74, 6) is 0.271. The first-order valence-electron chi connectivity index (χ1n) is 12.3. The fourth-order valence-corrected chi connectivity index (χ4v) is 5.27. The van der Waals surface area contributed by atoms with Crippen molar-refractivity contribution >= 4 is 23.2 Å². The van der Waals surface area contributed by atoms with Gasteiger partial charge >= 0.3 is 0 Å². The summed E-state index contributed by atoms with van der Waals surface area (Å²) in [5.41, 5.74) is 5.78. The van der Waals surface area contributed by atoms with Gasteiger partial charge in [-0.1, -0.05) is 24.3 Å². The first-order chi connectivity index (χ1) is 16.9. The molecule has 2 aliphatic carbocycles. The van der Waals surface area contributed by atoms with Gasteiger partial charge in [0.25, 0.3) is 5.91 Å². The number of nitrogens with zero attached hydrogens (tertiary/aromatic N) is 2. The predicted molar refractivity (Wildman–Crippen MR) is 139 cm³/mol. The standard InChI is InChI=1S/C29H32FN3O2/c1-19-16-20(17-25-24-18-21(30)8-9-26(24)31-29(25)34)23-6-4-5-7-27(28(19)23)35-15-14-33-12-10-22(11-13-33)32(2)3/h4-9,16-18,22H,10-15H2,1-3H3,(H,31,34)/b25-17-. The lowest BCUT2D eigenvalue weighted by molar-refractivity contribution is -0.110. The summed E-state index contributed by atoms with van der Waals surface area (Å²) in [6.45, 7) is 5.79. The molecule has 1 amide bonds. The molecule has 5 nitrogen and oxygen atoms in total. The Morgan fingerprint density at radius 2 is 1.89 bits per heavy atom. The van der Waals surface area contributed by atoms with E-state index in [-0.39, 0.29) is 11.7 Å². The van der Waals surface area contributed by atoms with E-state index in [1.807, 2.05) is 30.3 Å². The van der Waals surface area contributed by atoms with Crippen molar-refractivity contribution in [1.29, 1.82) is 0 Å². The number of benzene rings is 1. The van der Waals surface area contributed by atoms with Crippen LogP contribution in [-0.4, -0.2) is 62.1 Å². The number of rotatable bonds is 6. The smallest absolute Gasteiger partial charge is 0.256 e. The molecule has 2 aliphatic heterocycles. The van der Waals surface area contributed by atoms with Crippen LogP contribution in [0, 0.1) is 12.7 Å². The number of halogens is 1. The molecule has 1 aromatic carbocycles. The highest BCUT2D eigenvalue weighted by Gasteiger charge is 2.26. The molecule has 0 spiro atoms. The van der Waals surface area contributed by atoms with Gasteiger partial charge in [0, 0.05) is 35.0 Å². The van der Waals surface area contributed by atoms with Gasteiger partial charge < -0.3 is 15.0 Å². The molecular formula is C29H32FN3O2. The van der Waals surface area contributed by atoms with E-state index < -0.39 is 0 Å². The Labute approximate surface area is 206 Å². The first-order valence-corrected chi connectivity index (χ1v) is 12.3. The van der Waals surface area contributed by atoms with Crippen LogP contribution in [0.4, 0.5) is 10.1 Å².